The van der Waals surface area contributed by atoms with Crippen LogP contribution in [0.4, 0.5) is 0 Å². The van der Waals surface area contributed by atoms with E-state index in [0.717, 1.165) is 0 Å². The number of aliphatic hydroxyl groups is 6. The molecule has 7 atom stereocenters. The van der Waals surface area contributed by atoms with Crippen LogP contribution in [0.25, 0.3) is 0 Å². The summed E-state index contributed by atoms with van der Waals surface area (Å²) in [5.74, 6) is -1.31. The summed E-state index contributed by atoms with van der Waals surface area (Å²) in [7, 11) is 1.29. The third-order valence-corrected chi connectivity index (χ3v) is 4.93. The zero-order valence-electron chi connectivity index (χ0n) is 16.3. The van der Waals surface area contributed by atoms with Crippen LogP contribution in [0.3, 0.4) is 0 Å². The zero-order chi connectivity index (χ0) is 22.6. The molecule has 0 bridgehead atoms. The molecule has 2 rings (SSSR count). The van der Waals surface area contributed by atoms with Crippen LogP contribution in [0.1, 0.15) is 12.8 Å². The Labute approximate surface area is 171 Å². The third-order valence-electron chi connectivity index (χ3n) is 4.93. The molecule has 0 saturated carbocycles. The maximum Gasteiger partial charge on any atom is 0.330 e. The summed E-state index contributed by atoms with van der Waals surface area (Å²) in [5, 5.41) is 68.1. The van der Waals surface area contributed by atoms with Crippen molar-refractivity contribution in [2.24, 2.45) is 10.7 Å². The van der Waals surface area contributed by atoms with E-state index in [2.05, 4.69) is 4.99 Å². The van der Waals surface area contributed by atoms with Gasteiger partial charge >= 0.3 is 5.97 Å². The summed E-state index contributed by atoms with van der Waals surface area (Å²) in [6.45, 7) is -1.89. The van der Waals surface area contributed by atoms with E-state index >= 15 is 0 Å². The highest BCUT2D eigenvalue weighted by atomic mass is 16.7. The predicted molar refractivity (Wildman–Crippen MR) is 98.1 cm³/mol. The molecule has 1 fully saturated rings. The van der Waals surface area contributed by atoms with E-state index < -0.39 is 68.1 Å². The van der Waals surface area contributed by atoms with Crippen LogP contribution < -0.4 is 5.73 Å². The number of allylic oxidation sites excluding steroid dienone is 1. The molecule has 0 aromatic rings. The summed E-state index contributed by atoms with van der Waals surface area (Å²) in [4.78, 5) is 15.1. The number of carboxylic acid groups (broad SMARTS) is 1. The highest BCUT2D eigenvalue weighted by Crippen LogP contribution is 2.32. The van der Waals surface area contributed by atoms with Gasteiger partial charge in [0.25, 0.3) is 0 Å². The van der Waals surface area contributed by atoms with Gasteiger partial charge in [-0.15, -0.1) is 0 Å². The maximum absolute atomic E-state index is 11.2. The molecule has 0 radical (unpaired) electrons. The van der Waals surface area contributed by atoms with E-state index in [1.54, 1.807) is 0 Å². The van der Waals surface area contributed by atoms with E-state index in [0.29, 0.717) is 0 Å². The van der Waals surface area contributed by atoms with Gasteiger partial charge in [0, 0.05) is 12.8 Å². The number of hydrogen-bond acceptors (Lipinski definition) is 12. The first-order valence-electron chi connectivity index (χ1n) is 9.14. The molecule has 0 spiro atoms. The molecule has 0 amide bonds. The second-order valence-electron chi connectivity index (χ2n) is 7.25. The Balaban J connectivity index is 2.22. The van der Waals surface area contributed by atoms with E-state index in [9.17, 15) is 35.4 Å². The van der Waals surface area contributed by atoms with Crippen LogP contribution in [0.2, 0.25) is 0 Å². The monoisotopic (exact) mass is 436 g/mol. The van der Waals surface area contributed by atoms with E-state index in [1.807, 2.05) is 0 Å². The standard InChI is InChI=1S/C17H28N2O11/c1-28-13-7(18)2-17(27,3-8(13)19-9(4-20)15(24)25)6-29-14-10(5-21)30-16(26)12(23)11(14)22/h9-12,14,16,20-23,26-27H,2-6,18H2,1H3,(H,24,25)/t9-,10-,11-,12+,14-,16-,17-/m1/s1. The Morgan fingerprint density at radius 3 is 2.50 bits per heavy atom. The Kier molecular flexibility index (Phi) is 8.13. The molecule has 13 nitrogen and oxygen atoms in total. The first-order valence-corrected chi connectivity index (χ1v) is 9.14. The topological polar surface area (TPSA) is 225 Å². The molecule has 13 heteroatoms. The van der Waals surface area contributed by atoms with Crippen molar-refractivity contribution in [3.8, 4) is 0 Å². The van der Waals surface area contributed by atoms with Crippen molar-refractivity contribution in [2.75, 3.05) is 26.9 Å². The van der Waals surface area contributed by atoms with Crippen LogP contribution in [0.15, 0.2) is 16.4 Å². The third kappa shape index (κ3) is 5.25. The van der Waals surface area contributed by atoms with Gasteiger partial charge in [0.1, 0.15) is 24.4 Å². The molecule has 1 aliphatic carbocycles. The number of carbonyl (C=O) groups is 1. The number of ether oxygens (including phenoxy) is 3. The van der Waals surface area contributed by atoms with Gasteiger partial charge < -0.3 is 55.7 Å². The second kappa shape index (κ2) is 9.98. The van der Waals surface area contributed by atoms with Gasteiger partial charge in [0.05, 0.1) is 43.9 Å². The second-order valence-corrected chi connectivity index (χ2v) is 7.25. The number of carboxylic acids is 1. The van der Waals surface area contributed by atoms with Crippen molar-refractivity contribution in [1.29, 1.82) is 0 Å². The number of nitrogens with zero attached hydrogens (tertiary/aromatic N) is 1. The van der Waals surface area contributed by atoms with Gasteiger partial charge in [-0.1, -0.05) is 0 Å². The molecular formula is C17H28N2O11. The quantitative estimate of drug-likeness (QED) is 0.182. The minimum atomic E-state index is -1.72. The molecule has 0 unspecified atom stereocenters. The van der Waals surface area contributed by atoms with Gasteiger partial charge in [-0.05, 0) is 0 Å². The molecule has 1 saturated heterocycles. The smallest absolute Gasteiger partial charge is 0.330 e. The SMILES string of the molecule is COC1=C(N)C[C@](O)(CO[C@H]2[C@H](O)[C@H](O)[C@H](O)O[C@@H]2CO)CC1=N[C@H](CO)C(=O)O. The van der Waals surface area contributed by atoms with E-state index in [4.69, 9.17) is 25.1 Å². The van der Waals surface area contributed by atoms with Gasteiger partial charge in [-0.25, -0.2) is 4.79 Å². The minimum absolute atomic E-state index is 0.00316. The number of aliphatic carboxylic acids is 1. The fraction of sp³-hybridized carbons (Fsp3) is 0.765. The number of nitrogens with two attached hydrogens (primary N) is 1. The highest BCUT2D eigenvalue weighted by molar-refractivity contribution is 6.01. The summed E-state index contributed by atoms with van der Waals surface area (Å²) in [5.41, 5.74) is 4.30. The zero-order valence-corrected chi connectivity index (χ0v) is 16.3. The van der Waals surface area contributed by atoms with Crippen LogP contribution in [-0.4, -0.2) is 117 Å². The van der Waals surface area contributed by atoms with Crippen LogP contribution in [0, 0.1) is 0 Å². The van der Waals surface area contributed by atoms with E-state index in [-0.39, 0.29) is 30.0 Å². The lowest BCUT2D eigenvalue weighted by atomic mass is 9.85. The molecule has 2 aliphatic rings. The Morgan fingerprint density at radius 1 is 1.30 bits per heavy atom. The summed E-state index contributed by atoms with van der Waals surface area (Å²) >= 11 is 0. The molecular weight excluding hydrogens is 408 g/mol. The molecule has 1 heterocycles. The van der Waals surface area contributed by atoms with Crippen molar-refractivity contribution >= 4 is 11.7 Å². The van der Waals surface area contributed by atoms with Gasteiger partial charge in [-0.3, -0.25) is 4.99 Å². The van der Waals surface area contributed by atoms with Crippen molar-refractivity contribution in [1.82, 2.24) is 0 Å². The lowest BCUT2D eigenvalue weighted by molar-refractivity contribution is -0.298. The highest BCUT2D eigenvalue weighted by Gasteiger charge is 2.46. The average Bonchev–Trinajstić information content (AvgIpc) is 2.68. The Hall–Kier alpha value is -1.84. The lowest BCUT2D eigenvalue weighted by Gasteiger charge is -2.42. The first-order chi connectivity index (χ1) is 14.1. The van der Waals surface area contributed by atoms with Gasteiger partial charge in [-0.2, -0.15) is 0 Å². The fourth-order valence-corrected chi connectivity index (χ4v) is 3.42. The lowest BCUT2D eigenvalue weighted by Crippen LogP contribution is -2.60. The fourth-order valence-electron chi connectivity index (χ4n) is 3.42. The van der Waals surface area contributed by atoms with Crippen molar-refractivity contribution < 1.29 is 54.8 Å². The van der Waals surface area contributed by atoms with Crippen molar-refractivity contribution in [2.45, 2.75) is 55.2 Å². The van der Waals surface area contributed by atoms with Crippen molar-refractivity contribution in [3.63, 3.8) is 0 Å². The predicted octanol–water partition coefficient (Wildman–Crippen LogP) is -3.97. The molecule has 0 aromatic carbocycles. The van der Waals surface area contributed by atoms with Crippen LogP contribution in [0.5, 0.6) is 0 Å². The number of rotatable bonds is 8. The largest absolute Gasteiger partial charge is 0.493 e. The molecule has 9 N–H and O–H groups in total. The molecule has 30 heavy (non-hydrogen) atoms. The Morgan fingerprint density at radius 2 is 1.97 bits per heavy atom. The summed E-state index contributed by atoms with van der Waals surface area (Å²) in [6, 6.07) is -1.50. The summed E-state index contributed by atoms with van der Waals surface area (Å²) < 4.78 is 15.7. The molecule has 172 valence electrons. The average molecular weight is 436 g/mol. The minimum Gasteiger partial charge on any atom is -0.493 e. The molecule has 1 aliphatic heterocycles. The van der Waals surface area contributed by atoms with E-state index in [1.165, 1.54) is 7.11 Å². The summed E-state index contributed by atoms with van der Waals surface area (Å²) in [6.07, 6.45) is -7.88. The van der Waals surface area contributed by atoms with Gasteiger partial charge in [0.2, 0.25) is 0 Å². The Bertz CT molecular complexity index is 683. The number of methoxy groups -OCH3 is 1. The van der Waals surface area contributed by atoms with Gasteiger partial charge in [0.15, 0.2) is 18.1 Å². The number of hydrogen-bond donors (Lipinski definition) is 8. The maximum atomic E-state index is 11.2. The molecule has 0 aromatic heterocycles. The van der Waals surface area contributed by atoms with Crippen LogP contribution >= 0.6 is 0 Å². The normalized spacial score (nSPS) is 37.3. The number of aliphatic imine (C=N–C) groups is 1. The first kappa shape index (κ1) is 24.4. The van der Waals surface area contributed by atoms with Crippen LogP contribution in [-0.2, 0) is 19.0 Å². The number of aliphatic hydroxyl groups excluding tert-OH is 5. The van der Waals surface area contributed by atoms with Crippen molar-refractivity contribution in [3.05, 3.63) is 11.5 Å².